The van der Waals surface area contributed by atoms with Crippen LogP contribution in [-0.4, -0.2) is 30.2 Å². The van der Waals surface area contributed by atoms with Crippen LogP contribution < -0.4 is 5.32 Å². The summed E-state index contributed by atoms with van der Waals surface area (Å²) >= 11 is 0. The summed E-state index contributed by atoms with van der Waals surface area (Å²) in [6, 6.07) is 0. The Labute approximate surface area is 107 Å². The van der Waals surface area contributed by atoms with Crippen LogP contribution >= 0.6 is 0 Å². The van der Waals surface area contributed by atoms with Crippen LogP contribution in [0.3, 0.4) is 0 Å². The van der Waals surface area contributed by atoms with Crippen LogP contribution in [0.15, 0.2) is 0 Å². The van der Waals surface area contributed by atoms with Gasteiger partial charge in [0.05, 0.1) is 6.61 Å². The number of alkyl carbamates (subject to hydrolysis) is 1. The molecule has 0 radical (unpaired) electrons. The van der Waals surface area contributed by atoms with Crippen molar-refractivity contribution >= 4 is 18.0 Å². The van der Waals surface area contributed by atoms with Crippen LogP contribution in [-0.2, 0) is 19.1 Å². The molecule has 0 atom stereocenters. The second-order valence-electron chi connectivity index (χ2n) is 4.71. The third kappa shape index (κ3) is 9.62. The molecule has 0 bridgehead atoms. The molecule has 0 saturated heterocycles. The van der Waals surface area contributed by atoms with Crippen LogP contribution in [0.4, 0.5) is 4.79 Å². The van der Waals surface area contributed by atoms with Crippen LogP contribution in [0.5, 0.6) is 0 Å². The van der Waals surface area contributed by atoms with Gasteiger partial charge in [0.15, 0.2) is 0 Å². The lowest BCUT2D eigenvalue weighted by atomic mass is 10.2. The lowest BCUT2D eigenvalue weighted by Gasteiger charge is -2.19. The second kappa shape index (κ2) is 7.68. The molecule has 0 spiro atoms. The van der Waals surface area contributed by atoms with Gasteiger partial charge in [-0.1, -0.05) is 0 Å². The third-order valence-electron chi connectivity index (χ3n) is 1.73. The topological polar surface area (TPSA) is 81.7 Å². The first-order chi connectivity index (χ1) is 8.24. The Morgan fingerprint density at radius 1 is 1.11 bits per heavy atom. The Morgan fingerprint density at radius 3 is 2.22 bits per heavy atom. The van der Waals surface area contributed by atoms with Crippen LogP contribution in [0.2, 0.25) is 0 Å². The van der Waals surface area contributed by atoms with Gasteiger partial charge in [-0.3, -0.25) is 14.9 Å². The molecule has 1 N–H and O–H groups in total. The molecule has 0 saturated carbocycles. The minimum Gasteiger partial charge on any atom is -0.466 e. The Kier molecular flexibility index (Phi) is 7.00. The van der Waals surface area contributed by atoms with Gasteiger partial charge in [0.25, 0.3) is 0 Å². The number of rotatable bonds is 5. The molecule has 0 aliphatic heterocycles. The molecule has 0 aliphatic carbocycles. The molecule has 0 aromatic carbocycles. The zero-order chi connectivity index (χ0) is 14.2. The highest BCUT2D eigenvalue weighted by molar-refractivity contribution is 5.91. The van der Waals surface area contributed by atoms with Gasteiger partial charge in [-0.25, -0.2) is 4.79 Å². The summed E-state index contributed by atoms with van der Waals surface area (Å²) in [7, 11) is 0. The Morgan fingerprint density at radius 2 is 1.72 bits per heavy atom. The number of hydrogen-bond acceptors (Lipinski definition) is 5. The Balaban J connectivity index is 3.78. The van der Waals surface area contributed by atoms with Gasteiger partial charge in [0.2, 0.25) is 5.91 Å². The largest absolute Gasteiger partial charge is 0.466 e. The number of nitrogens with one attached hydrogen (secondary N) is 1. The highest BCUT2D eigenvalue weighted by atomic mass is 16.6. The van der Waals surface area contributed by atoms with E-state index >= 15 is 0 Å². The number of amides is 2. The highest BCUT2D eigenvalue weighted by Gasteiger charge is 2.18. The Hall–Kier alpha value is -1.59. The van der Waals surface area contributed by atoms with Crippen molar-refractivity contribution in [1.82, 2.24) is 5.32 Å². The van der Waals surface area contributed by atoms with Crippen molar-refractivity contribution in [1.29, 1.82) is 0 Å². The number of esters is 1. The van der Waals surface area contributed by atoms with Crippen molar-refractivity contribution in [2.24, 2.45) is 0 Å². The molecule has 6 heteroatoms. The van der Waals surface area contributed by atoms with E-state index in [-0.39, 0.29) is 18.8 Å². The van der Waals surface area contributed by atoms with E-state index in [1.807, 2.05) is 0 Å². The van der Waals surface area contributed by atoms with E-state index < -0.39 is 17.6 Å². The number of ether oxygens (including phenoxy) is 2. The fourth-order valence-corrected chi connectivity index (χ4v) is 1.11. The van der Waals surface area contributed by atoms with Gasteiger partial charge >= 0.3 is 12.1 Å². The SMILES string of the molecule is CCOC(=O)CCCC(=O)NC(=O)OC(C)(C)C. The minimum atomic E-state index is -0.774. The number of imide groups is 1. The van der Waals surface area contributed by atoms with Crippen molar-refractivity contribution in [2.75, 3.05) is 6.61 Å². The van der Waals surface area contributed by atoms with Gasteiger partial charge in [0, 0.05) is 12.8 Å². The predicted octanol–water partition coefficient (Wildman–Crippen LogP) is 1.77. The van der Waals surface area contributed by atoms with Crippen molar-refractivity contribution in [3.05, 3.63) is 0 Å². The molecule has 0 aromatic heterocycles. The van der Waals surface area contributed by atoms with Crippen LogP contribution in [0.1, 0.15) is 47.0 Å². The van der Waals surface area contributed by atoms with Crippen molar-refractivity contribution in [3.63, 3.8) is 0 Å². The monoisotopic (exact) mass is 259 g/mol. The second-order valence-corrected chi connectivity index (χ2v) is 4.71. The van der Waals surface area contributed by atoms with Gasteiger partial charge in [-0.15, -0.1) is 0 Å². The Bertz CT molecular complexity index is 306. The maximum Gasteiger partial charge on any atom is 0.414 e. The van der Waals surface area contributed by atoms with E-state index in [0.29, 0.717) is 13.0 Å². The first-order valence-corrected chi connectivity index (χ1v) is 5.93. The first kappa shape index (κ1) is 16.4. The number of hydrogen-bond donors (Lipinski definition) is 1. The third-order valence-corrected chi connectivity index (χ3v) is 1.73. The quantitative estimate of drug-likeness (QED) is 0.761. The van der Waals surface area contributed by atoms with E-state index in [2.05, 4.69) is 5.32 Å². The molecular formula is C12H21NO5. The van der Waals surface area contributed by atoms with E-state index in [0.717, 1.165) is 0 Å². The summed E-state index contributed by atoms with van der Waals surface area (Å²) in [5.74, 6) is -0.809. The van der Waals surface area contributed by atoms with Gasteiger partial charge in [-0.2, -0.15) is 0 Å². The molecular weight excluding hydrogens is 238 g/mol. The fourth-order valence-electron chi connectivity index (χ4n) is 1.11. The molecule has 6 nitrogen and oxygen atoms in total. The molecule has 104 valence electrons. The smallest absolute Gasteiger partial charge is 0.414 e. The van der Waals surface area contributed by atoms with Gasteiger partial charge in [-0.05, 0) is 34.1 Å². The average molecular weight is 259 g/mol. The van der Waals surface area contributed by atoms with Gasteiger partial charge in [0.1, 0.15) is 5.60 Å². The normalized spacial score (nSPS) is 10.7. The lowest BCUT2D eigenvalue weighted by Crippen LogP contribution is -2.36. The van der Waals surface area contributed by atoms with Crippen molar-refractivity contribution in [2.45, 2.75) is 52.6 Å². The maximum atomic E-state index is 11.3. The lowest BCUT2D eigenvalue weighted by molar-refractivity contribution is -0.143. The van der Waals surface area contributed by atoms with Crippen molar-refractivity contribution < 1.29 is 23.9 Å². The maximum absolute atomic E-state index is 11.3. The fraction of sp³-hybridized carbons (Fsp3) is 0.750. The molecule has 0 unspecified atom stereocenters. The first-order valence-electron chi connectivity index (χ1n) is 5.93. The zero-order valence-corrected chi connectivity index (χ0v) is 11.4. The summed E-state index contributed by atoms with van der Waals surface area (Å²) < 4.78 is 9.62. The van der Waals surface area contributed by atoms with Gasteiger partial charge < -0.3 is 9.47 Å². The minimum absolute atomic E-state index is 0.0814. The predicted molar refractivity (Wildman–Crippen MR) is 64.9 cm³/mol. The van der Waals surface area contributed by atoms with E-state index in [1.54, 1.807) is 27.7 Å². The summed E-state index contributed by atoms with van der Waals surface area (Å²) in [6.45, 7) is 7.16. The average Bonchev–Trinajstić information content (AvgIpc) is 2.14. The van der Waals surface area contributed by atoms with E-state index in [1.165, 1.54) is 0 Å². The molecule has 0 rings (SSSR count). The summed E-state index contributed by atoms with van der Waals surface area (Å²) in [6.07, 6.45) is -0.190. The van der Waals surface area contributed by atoms with E-state index in [9.17, 15) is 14.4 Å². The van der Waals surface area contributed by atoms with Crippen molar-refractivity contribution in [3.8, 4) is 0 Å². The molecule has 0 heterocycles. The highest BCUT2D eigenvalue weighted by Crippen LogP contribution is 2.06. The zero-order valence-electron chi connectivity index (χ0n) is 11.4. The molecule has 0 fully saturated rings. The van der Waals surface area contributed by atoms with Crippen LogP contribution in [0.25, 0.3) is 0 Å². The molecule has 0 aliphatic rings. The summed E-state index contributed by atoms with van der Waals surface area (Å²) in [5, 5.41) is 2.09. The number of carbonyl (C=O) groups is 3. The molecule has 18 heavy (non-hydrogen) atoms. The molecule has 2 amide bonds. The van der Waals surface area contributed by atoms with Crippen LogP contribution in [0, 0.1) is 0 Å². The molecule has 0 aromatic rings. The summed E-state index contributed by atoms with van der Waals surface area (Å²) in [5.41, 5.74) is -0.644. The summed E-state index contributed by atoms with van der Waals surface area (Å²) in [4.78, 5) is 33.5. The standard InChI is InChI=1S/C12H21NO5/c1-5-17-10(15)8-6-7-9(14)13-11(16)18-12(2,3)4/h5-8H2,1-4H3,(H,13,14,16). The van der Waals surface area contributed by atoms with E-state index in [4.69, 9.17) is 9.47 Å². The number of carbonyl (C=O) groups excluding carboxylic acids is 3.